The van der Waals surface area contributed by atoms with Crippen molar-refractivity contribution in [1.29, 1.82) is 0 Å². The van der Waals surface area contributed by atoms with Crippen molar-refractivity contribution < 1.29 is 0 Å². The molecule has 2 aromatic carbocycles. The molecule has 0 saturated carbocycles. The summed E-state index contributed by atoms with van der Waals surface area (Å²) in [4.78, 5) is 11.4. The molecule has 1 heterocycles. The van der Waals surface area contributed by atoms with E-state index in [1.807, 2.05) is 50.2 Å². The normalized spacial score (nSPS) is 10.5. The maximum absolute atomic E-state index is 4.64. The number of rotatable bonds is 3. The standard InChI is InChI=1S/C18H16IN3/c1-13-12-14(2)21-18(20-13)22(15-8-4-3-5-9-15)17-11-7-6-10-16(17)19/h3-12H,1-2H3. The predicted molar refractivity (Wildman–Crippen MR) is 98.9 cm³/mol. The molecule has 3 rings (SSSR count). The average Bonchev–Trinajstić information content (AvgIpc) is 2.50. The Morgan fingerprint density at radius 2 is 1.41 bits per heavy atom. The lowest BCUT2D eigenvalue weighted by Gasteiger charge is -2.24. The zero-order chi connectivity index (χ0) is 15.5. The fraction of sp³-hybridized carbons (Fsp3) is 0.111. The second kappa shape index (κ2) is 6.44. The van der Waals surface area contributed by atoms with Crippen molar-refractivity contribution in [1.82, 2.24) is 9.97 Å². The number of anilines is 3. The van der Waals surface area contributed by atoms with Gasteiger partial charge in [0.2, 0.25) is 5.95 Å². The lowest BCUT2D eigenvalue weighted by molar-refractivity contribution is 1.01. The van der Waals surface area contributed by atoms with Crippen molar-refractivity contribution >= 4 is 39.9 Å². The number of benzene rings is 2. The molecule has 0 bridgehead atoms. The van der Waals surface area contributed by atoms with E-state index >= 15 is 0 Å². The number of nitrogens with zero attached hydrogens (tertiary/aromatic N) is 3. The molecule has 22 heavy (non-hydrogen) atoms. The van der Waals surface area contributed by atoms with Crippen LogP contribution in [0.15, 0.2) is 60.7 Å². The van der Waals surface area contributed by atoms with Crippen LogP contribution in [0.5, 0.6) is 0 Å². The lowest BCUT2D eigenvalue weighted by Crippen LogP contribution is -2.15. The molecule has 0 N–H and O–H groups in total. The first-order valence-electron chi connectivity index (χ1n) is 7.07. The van der Waals surface area contributed by atoms with Gasteiger partial charge in [-0.2, -0.15) is 0 Å². The summed E-state index contributed by atoms with van der Waals surface area (Å²) in [5.74, 6) is 0.702. The molecule has 0 unspecified atom stereocenters. The van der Waals surface area contributed by atoms with E-state index in [2.05, 4.69) is 61.7 Å². The molecule has 0 fully saturated rings. The van der Waals surface area contributed by atoms with Crippen molar-refractivity contribution in [3.05, 3.63) is 75.6 Å². The Kier molecular flexibility index (Phi) is 4.38. The first-order chi connectivity index (χ1) is 10.6. The van der Waals surface area contributed by atoms with Crippen LogP contribution in [-0.4, -0.2) is 9.97 Å². The molecule has 0 aliphatic heterocycles. The third kappa shape index (κ3) is 3.11. The van der Waals surface area contributed by atoms with Crippen molar-refractivity contribution in [2.24, 2.45) is 0 Å². The van der Waals surface area contributed by atoms with Gasteiger partial charge < -0.3 is 0 Å². The molecule has 1 aromatic heterocycles. The molecule has 0 aliphatic carbocycles. The topological polar surface area (TPSA) is 29.0 Å². The molecular formula is C18H16IN3. The molecule has 0 atom stereocenters. The molecule has 0 aliphatic rings. The minimum absolute atomic E-state index is 0.702. The van der Waals surface area contributed by atoms with Gasteiger partial charge in [0, 0.05) is 20.6 Å². The summed E-state index contributed by atoms with van der Waals surface area (Å²) in [6, 6.07) is 20.5. The highest BCUT2D eigenvalue weighted by Crippen LogP contribution is 2.34. The molecule has 3 nitrogen and oxygen atoms in total. The van der Waals surface area contributed by atoms with E-state index in [0.29, 0.717) is 5.95 Å². The molecule has 0 spiro atoms. The molecular weight excluding hydrogens is 385 g/mol. The summed E-state index contributed by atoms with van der Waals surface area (Å²) in [6.07, 6.45) is 0. The van der Waals surface area contributed by atoms with Crippen LogP contribution in [0, 0.1) is 17.4 Å². The summed E-state index contributed by atoms with van der Waals surface area (Å²) in [5, 5.41) is 0. The minimum atomic E-state index is 0.702. The summed E-state index contributed by atoms with van der Waals surface area (Å²) in [5.41, 5.74) is 4.07. The number of aromatic nitrogens is 2. The number of para-hydroxylation sites is 2. The number of hydrogen-bond acceptors (Lipinski definition) is 3. The maximum atomic E-state index is 4.64. The van der Waals surface area contributed by atoms with Gasteiger partial charge in [0.15, 0.2) is 0 Å². The first kappa shape index (κ1) is 15.0. The van der Waals surface area contributed by atoms with E-state index in [-0.39, 0.29) is 0 Å². The largest absolute Gasteiger partial charge is 0.278 e. The van der Waals surface area contributed by atoms with Gasteiger partial charge >= 0.3 is 0 Å². The monoisotopic (exact) mass is 401 g/mol. The lowest BCUT2D eigenvalue weighted by atomic mass is 10.2. The van der Waals surface area contributed by atoms with Crippen LogP contribution in [-0.2, 0) is 0 Å². The summed E-state index contributed by atoms with van der Waals surface area (Å²) < 4.78 is 1.16. The van der Waals surface area contributed by atoms with E-state index in [1.165, 1.54) is 0 Å². The van der Waals surface area contributed by atoms with Crippen molar-refractivity contribution in [2.45, 2.75) is 13.8 Å². The Balaban J connectivity index is 2.22. The van der Waals surface area contributed by atoms with Crippen LogP contribution in [0.1, 0.15) is 11.4 Å². The highest BCUT2D eigenvalue weighted by molar-refractivity contribution is 14.1. The van der Waals surface area contributed by atoms with Crippen molar-refractivity contribution in [3.8, 4) is 0 Å². The minimum Gasteiger partial charge on any atom is -0.278 e. The Bertz CT molecular complexity index is 767. The number of hydrogen-bond donors (Lipinski definition) is 0. The summed E-state index contributed by atoms with van der Waals surface area (Å²) in [7, 11) is 0. The summed E-state index contributed by atoms with van der Waals surface area (Å²) >= 11 is 2.35. The van der Waals surface area contributed by atoms with E-state index in [1.54, 1.807) is 0 Å². The van der Waals surface area contributed by atoms with Crippen LogP contribution in [0.4, 0.5) is 17.3 Å². The third-order valence-electron chi connectivity index (χ3n) is 3.28. The molecule has 110 valence electrons. The highest BCUT2D eigenvalue weighted by Gasteiger charge is 2.17. The van der Waals surface area contributed by atoms with Gasteiger partial charge in [-0.3, -0.25) is 4.90 Å². The molecule has 0 amide bonds. The molecule has 4 heteroatoms. The first-order valence-corrected chi connectivity index (χ1v) is 8.15. The highest BCUT2D eigenvalue weighted by atomic mass is 127. The van der Waals surface area contributed by atoms with E-state index < -0.39 is 0 Å². The average molecular weight is 401 g/mol. The SMILES string of the molecule is Cc1cc(C)nc(N(c2ccccc2)c2ccccc2I)n1. The van der Waals surface area contributed by atoms with Crippen LogP contribution >= 0.6 is 22.6 Å². The van der Waals surface area contributed by atoms with Crippen molar-refractivity contribution in [3.63, 3.8) is 0 Å². The van der Waals surface area contributed by atoms with Gasteiger partial charge in [-0.25, -0.2) is 9.97 Å². The Hall–Kier alpha value is -1.95. The van der Waals surface area contributed by atoms with Gasteiger partial charge in [0.1, 0.15) is 0 Å². The van der Waals surface area contributed by atoms with Gasteiger partial charge in [-0.05, 0) is 66.8 Å². The van der Waals surface area contributed by atoms with E-state index in [0.717, 1.165) is 26.3 Å². The Morgan fingerprint density at radius 3 is 2.05 bits per heavy atom. The fourth-order valence-corrected chi connectivity index (χ4v) is 3.01. The zero-order valence-corrected chi connectivity index (χ0v) is 14.7. The molecule has 3 aromatic rings. The van der Waals surface area contributed by atoms with Gasteiger partial charge in [0.25, 0.3) is 0 Å². The molecule has 0 saturated heterocycles. The smallest absolute Gasteiger partial charge is 0.235 e. The van der Waals surface area contributed by atoms with E-state index in [9.17, 15) is 0 Å². The van der Waals surface area contributed by atoms with Gasteiger partial charge in [0.05, 0.1) is 5.69 Å². The Labute approximate surface area is 144 Å². The number of aryl methyl sites for hydroxylation is 2. The fourth-order valence-electron chi connectivity index (χ4n) is 2.38. The summed E-state index contributed by atoms with van der Waals surface area (Å²) in [6.45, 7) is 3.99. The predicted octanol–water partition coefficient (Wildman–Crippen LogP) is 5.17. The van der Waals surface area contributed by atoms with Crippen LogP contribution in [0.2, 0.25) is 0 Å². The van der Waals surface area contributed by atoms with Crippen molar-refractivity contribution in [2.75, 3.05) is 4.90 Å². The second-order valence-electron chi connectivity index (χ2n) is 5.07. The Morgan fingerprint density at radius 1 is 0.818 bits per heavy atom. The van der Waals surface area contributed by atoms with Crippen LogP contribution in [0.3, 0.4) is 0 Å². The second-order valence-corrected chi connectivity index (χ2v) is 6.24. The van der Waals surface area contributed by atoms with E-state index in [4.69, 9.17) is 0 Å². The third-order valence-corrected chi connectivity index (χ3v) is 4.19. The van der Waals surface area contributed by atoms with Gasteiger partial charge in [-0.15, -0.1) is 0 Å². The maximum Gasteiger partial charge on any atom is 0.235 e. The van der Waals surface area contributed by atoms with Crippen LogP contribution < -0.4 is 4.90 Å². The molecule has 0 radical (unpaired) electrons. The zero-order valence-electron chi connectivity index (χ0n) is 12.5. The quantitative estimate of drug-likeness (QED) is 0.568. The van der Waals surface area contributed by atoms with Gasteiger partial charge in [-0.1, -0.05) is 30.3 Å². The van der Waals surface area contributed by atoms with Crippen LogP contribution in [0.25, 0.3) is 0 Å². The number of halogens is 1.